The molecule has 0 bridgehead atoms. The van der Waals surface area contributed by atoms with E-state index in [1.54, 1.807) is 13.3 Å². The van der Waals surface area contributed by atoms with Crippen molar-refractivity contribution in [3.63, 3.8) is 0 Å². The largest absolute Gasteiger partial charge is 0.481 e. The molecular weight excluding hydrogens is 484 g/mol. The molecule has 2 aliphatic heterocycles. The van der Waals surface area contributed by atoms with Crippen molar-refractivity contribution < 1.29 is 14.3 Å². The molecule has 2 fully saturated rings. The fraction of sp³-hybridized carbons (Fsp3) is 0.429. The Bertz CT molecular complexity index is 1530. The van der Waals surface area contributed by atoms with Gasteiger partial charge in [0.15, 0.2) is 0 Å². The highest BCUT2D eigenvalue weighted by atomic mass is 16.5. The molecule has 10 heteroatoms. The van der Waals surface area contributed by atoms with Crippen molar-refractivity contribution in [2.45, 2.75) is 32.4 Å². The molecule has 0 unspecified atom stereocenters. The first-order chi connectivity index (χ1) is 18.5. The molecule has 4 aromatic rings. The summed E-state index contributed by atoms with van der Waals surface area (Å²) in [6, 6.07) is 7.92. The summed E-state index contributed by atoms with van der Waals surface area (Å²) >= 11 is 0. The fourth-order valence-electron chi connectivity index (χ4n) is 5.59. The molecule has 3 aromatic heterocycles. The maximum atomic E-state index is 13.7. The number of fused-ring (bicyclic) bond motifs is 3. The number of aromatic nitrogens is 4. The SMILES string of the molecule is COc1ccc(CN2CCN(C(=O)c3cc4c(cc3C)[nH]c(=O)c3cnn(C5CCOCC5)c34)CC2)cn1. The van der Waals surface area contributed by atoms with Crippen LogP contribution in [-0.4, -0.2) is 82.0 Å². The minimum Gasteiger partial charge on any atom is -0.481 e. The van der Waals surface area contributed by atoms with E-state index in [4.69, 9.17) is 9.47 Å². The molecule has 6 rings (SSSR count). The lowest BCUT2D eigenvalue weighted by atomic mass is 10.0. The molecule has 0 aliphatic carbocycles. The van der Waals surface area contributed by atoms with Crippen LogP contribution in [0.1, 0.15) is 40.4 Å². The van der Waals surface area contributed by atoms with Gasteiger partial charge in [0.1, 0.15) is 0 Å². The number of methoxy groups -OCH3 is 1. The smallest absolute Gasteiger partial charge is 0.259 e. The van der Waals surface area contributed by atoms with E-state index in [9.17, 15) is 9.59 Å². The number of carbonyl (C=O) groups is 1. The Morgan fingerprint density at radius 3 is 2.61 bits per heavy atom. The zero-order valence-corrected chi connectivity index (χ0v) is 21.8. The normalized spacial score (nSPS) is 17.4. The van der Waals surface area contributed by atoms with E-state index >= 15 is 0 Å². The van der Waals surface area contributed by atoms with Crippen molar-refractivity contribution in [3.8, 4) is 5.88 Å². The molecule has 0 saturated carbocycles. The van der Waals surface area contributed by atoms with Gasteiger partial charge in [-0.3, -0.25) is 19.2 Å². The van der Waals surface area contributed by atoms with Gasteiger partial charge in [-0.05, 0) is 43.0 Å². The lowest BCUT2D eigenvalue weighted by Gasteiger charge is -2.35. The van der Waals surface area contributed by atoms with Crippen LogP contribution in [0.5, 0.6) is 5.88 Å². The molecule has 1 amide bonds. The summed E-state index contributed by atoms with van der Waals surface area (Å²) < 4.78 is 12.6. The van der Waals surface area contributed by atoms with Crippen LogP contribution in [0, 0.1) is 6.92 Å². The molecule has 5 heterocycles. The Labute approximate surface area is 220 Å². The number of amides is 1. The number of carbonyl (C=O) groups excluding carboxylic acids is 1. The van der Waals surface area contributed by atoms with E-state index in [2.05, 4.69) is 20.0 Å². The molecule has 2 saturated heterocycles. The summed E-state index contributed by atoms with van der Waals surface area (Å²) in [6.45, 7) is 6.96. The number of rotatable bonds is 5. The third-order valence-electron chi connectivity index (χ3n) is 7.75. The Morgan fingerprint density at radius 1 is 1.11 bits per heavy atom. The average Bonchev–Trinajstić information content (AvgIpc) is 3.40. The van der Waals surface area contributed by atoms with Crippen LogP contribution < -0.4 is 10.3 Å². The number of ether oxygens (including phenoxy) is 2. The van der Waals surface area contributed by atoms with Crippen molar-refractivity contribution in [1.82, 2.24) is 29.5 Å². The van der Waals surface area contributed by atoms with Crippen LogP contribution in [0.3, 0.4) is 0 Å². The zero-order chi connectivity index (χ0) is 26.2. The molecule has 2 aliphatic rings. The van der Waals surface area contributed by atoms with Gasteiger partial charge in [-0.1, -0.05) is 6.07 Å². The number of benzene rings is 1. The quantitative estimate of drug-likeness (QED) is 0.435. The zero-order valence-electron chi connectivity index (χ0n) is 21.8. The number of aromatic amines is 1. The average molecular weight is 517 g/mol. The van der Waals surface area contributed by atoms with Gasteiger partial charge in [-0.25, -0.2) is 4.98 Å². The molecule has 38 heavy (non-hydrogen) atoms. The van der Waals surface area contributed by atoms with Crippen molar-refractivity contribution in [2.75, 3.05) is 46.5 Å². The van der Waals surface area contributed by atoms with E-state index in [0.717, 1.165) is 60.0 Å². The monoisotopic (exact) mass is 516 g/mol. The predicted molar refractivity (Wildman–Crippen MR) is 144 cm³/mol. The predicted octanol–water partition coefficient (Wildman–Crippen LogP) is 2.90. The fourth-order valence-corrected chi connectivity index (χ4v) is 5.59. The molecule has 198 valence electrons. The summed E-state index contributed by atoms with van der Waals surface area (Å²) in [5.74, 6) is 0.624. The van der Waals surface area contributed by atoms with E-state index in [1.165, 1.54) is 0 Å². The molecule has 0 radical (unpaired) electrons. The first-order valence-corrected chi connectivity index (χ1v) is 13.1. The van der Waals surface area contributed by atoms with Crippen LogP contribution in [0.2, 0.25) is 0 Å². The van der Waals surface area contributed by atoms with E-state index in [0.29, 0.717) is 43.1 Å². The van der Waals surface area contributed by atoms with Gasteiger partial charge >= 0.3 is 0 Å². The van der Waals surface area contributed by atoms with Crippen molar-refractivity contribution in [3.05, 3.63) is 63.7 Å². The third-order valence-corrected chi connectivity index (χ3v) is 7.75. The second kappa shape index (κ2) is 10.2. The Hall–Kier alpha value is -3.76. The van der Waals surface area contributed by atoms with Crippen LogP contribution in [0.25, 0.3) is 21.8 Å². The van der Waals surface area contributed by atoms with Gasteiger partial charge in [0, 0.05) is 69.2 Å². The minimum atomic E-state index is -0.160. The Kier molecular flexibility index (Phi) is 6.59. The van der Waals surface area contributed by atoms with Gasteiger partial charge < -0.3 is 19.4 Å². The van der Waals surface area contributed by atoms with Crippen molar-refractivity contribution in [1.29, 1.82) is 0 Å². The van der Waals surface area contributed by atoms with Gasteiger partial charge in [-0.15, -0.1) is 0 Å². The van der Waals surface area contributed by atoms with Crippen LogP contribution in [0.4, 0.5) is 0 Å². The van der Waals surface area contributed by atoms with Gasteiger partial charge in [0.25, 0.3) is 11.5 Å². The minimum absolute atomic E-state index is 0.0200. The van der Waals surface area contributed by atoms with E-state index < -0.39 is 0 Å². The highest BCUT2D eigenvalue weighted by molar-refractivity contribution is 6.07. The maximum absolute atomic E-state index is 13.7. The first-order valence-electron chi connectivity index (χ1n) is 13.1. The molecule has 1 aromatic carbocycles. The molecular formula is C28H32N6O4. The van der Waals surface area contributed by atoms with E-state index in [1.807, 2.05) is 47.0 Å². The third kappa shape index (κ3) is 4.54. The molecule has 10 nitrogen and oxygen atoms in total. The van der Waals surface area contributed by atoms with Gasteiger partial charge in [0.2, 0.25) is 5.88 Å². The topological polar surface area (TPSA) is 106 Å². The highest BCUT2D eigenvalue weighted by Gasteiger charge is 2.26. The number of H-pyrrole nitrogens is 1. The van der Waals surface area contributed by atoms with Gasteiger partial charge in [0.05, 0.1) is 35.8 Å². The summed E-state index contributed by atoms with van der Waals surface area (Å²) in [4.78, 5) is 38.1. The number of nitrogens with one attached hydrogen (secondary N) is 1. The lowest BCUT2D eigenvalue weighted by Crippen LogP contribution is -2.48. The standard InChI is InChI=1S/C28H32N6O4/c1-18-13-24-22(26-23(27(35)31-24)16-30-34(26)20-5-11-38-12-6-20)14-21(18)28(36)33-9-7-32(8-10-33)17-19-3-4-25(37-2)29-15-19/h3-4,13-16,20H,5-12,17H2,1-2H3,(H,31,35). The van der Waals surface area contributed by atoms with E-state index in [-0.39, 0.29) is 17.5 Å². The van der Waals surface area contributed by atoms with Gasteiger partial charge in [-0.2, -0.15) is 5.10 Å². The second-order valence-electron chi connectivity index (χ2n) is 10.1. The molecule has 0 atom stereocenters. The number of hydrogen-bond acceptors (Lipinski definition) is 7. The van der Waals surface area contributed by atoms with Crippen LogP contribution >= 0.6 is 0 Å². The summed E-state index contributed by atoms with van der Waals surface area (Å²) in [5, 5.41) is 6.00. The Balaban J connectivity index is 1.25. The Morgan fingerprint density at radius 2 is 1.89 bits per heavy atom. The highest BCUT2D eigenvalue weighted by Crippen LogP contribution is 2.30. The number of nitrogens with zero attached hydrogens (tertiary/aromatic N) is 5. The number of hydrogen-bond donors (Lipinski definition) is 1. The number of pyridine rings is 2. The summed E-state index contributed by atoms with van der Waals surface area (Å²) in [6.07, 6.45) is 5.17. The summed E-state index contributed by atoms with van der Waals surface area (Å²) in [7, 11) is 1.61. The summed E-state index contributed by atoms with van der Waals surface area (Å²) in [5.41, 5.74) is 3.99. The molecule has 0 spiro atoms. The number of piperazine rings is 1. The lowest BCUT2D eigenvalue weighted by molar-refractivity contribution is 0.0627. The maximum Gasteiger partial charge on any atom is 0.259 e. The van der Waals surface area contributed by atoms with Crippen molar-refractivity contribution >= 4 is 27.7 Å². The van der Waals surface area contributed by atoms with Crippen LogP contribution in [0.15, 0.2) is 41.5 Å². The van der Waals surface area contributed by atoms with Crippen molar-refractivity contribution in [2.24, 2.45) is 0 Å². The number of aryl methyl sites for hydroxylation is 1. The van der Waals surface area contributed by atoms with Crippen LogP contribution in [-0.2, 0) is 11.3 Å². The second-order valence-corrected chi connectivity index (χ2v) is 10.1. The molecule has 1 N–H and O–H groups in total. The first kappa shape index (κ1) is 24.6.